The van der Waals surface area contributed by atoms with Crippen LogP contribution >= 0.6 is 11.8 Å². The number of rotatable bonds is 3. The molecular weight excluding hydrogens is 464 g/mol. The third-order valence-electron chi connectivity index (χ3n) is 6.85. The van der Waals surface area contributed by atoms with Crippen molar-refractivity contribution in [2.45, 2.75) is 17.7 Å². The number of pyridine rings is 1. The number of benzene rings is 4. The number of phenolic OH excluding ortho intramolecular Hbond substituents is 1. The maximum Gasteiger partial charge on any atom is 0.219 e. The summed E-state index contributed by atoms with van der Waals surface area (Å²) in [7, 11) is 0. The molecule has 2 aliphatic rings. The first kappa shape index (κ1) is 21.2. The van der Waals surface area contributed by atoms with Crippen molar-refractivity contribution in [2.24, 2.45) is 4.99 Å². The van der Waals surface area contributed by atoms with Crippen LogP contribution in [0.15, 0.2) is 108 Å². The van der Waals surface area contributed by atoms with Crippen molar-refractivity contribution in [2.75, 3.05) is 0 Å². The quantitative estimate of drug-likeness (QED) is 0.286. The fraction of sp³-hybridized carbons (Fsp3) is 0.0968. The maximum absolute atomic E-state index is 10.2. The van der Waals surface area contributed by atoms with E-state index in [0.29, 0.717) is 17.1 Å². The minimum atomic E-state index is 0.142. The van der Waals surface area contributed by atoms with Crippen molar-refractivity contribution in [3.8, 4) is 28.5 Å². The highest BCUT2D eigenvalue weighted by atomic mass is 32.2. The Morgan fingerprint density at radius 1 is 0.806 bits per heavy atom. The Bertz CT molecular complexity index is 1660. The molecule has 2 atom stereocenters. The van der Waals surface area contributed by atoms with Crippen molar-refractivity contribution in [3.05, 3.63) is 120 Å². The summed E-state index contributed by atoms with van der Waals surface area (Å²) < 4.78 is 6.10. The molecule has 36 heavy (non-hydrogen) atoms. The predicted octanol–water partition coefficient (Wildman–Crippen LogP) is 7.56. The Morgan fingerprint density at radius 2 is 1.64 bits per heavy atom. The highest BCUT2D eigenvalue weighted by molar-refractivity contribution is 8.15. The molecule has 0 amide bonds. The lowest BCUT2D eigenvalue weighted by Crippen LogP contribution is -2.11. The molecule has 4 aromatic carbocycles. The lowest BCUT2D eigenvalue weighted by Gasteiger charge is -2.16. The highest BCUT2D eigenvalue weighted by Crippen LogP contribution is 2.49. The summed E-state index contributed by atoms with van der Waals surface area (Å²) in [4.78, 5) is 9.72. The lowest BCUT2D eigenvalue weighted by molar-refractivity contribution is 0.460. The number of hydrogen-bond donors (Lipinski definition) is 1. The number of nitrogens with zero attached hydrogens (tertiary/aromatic N) is 2. The van der Waals surface area contributed by atoms with Crippen LogP contribution in [0.5, 0.6) is 17.4 Å². The number of ether oxygens (including phenoxy) is 1. The average Bonchev–Trinajstić information content (AvgIpc) is 3.28. The van der Waals surface area contributed by atoms with Gasteiger partial charge in [-0.25, -0.2) is 4.98 Å². The van der Waals surface area contributed by atoms with Crippen molar-refractivity contribution in [1.82, 2.24) is 4.98 Å². The summed E-state index contributed by atoms with van der Waals surface area (Å²) in [6.45, 7) is 0. The molecule has 0 fully saturated rings. The number of para-hydroxylation sites is 1. The van der Waals surface area contributed by atoms with E-state index in [4.69, 9.17) is 9.73 Å². The van der Waals surface area contributed by atoms with Gasteiger partial charge < -0.3 is 9.84 Å². The first-order valence-corrected chi connectivity index (χ1v) is 12.9. The van der Waals surface area contributed by atoms with Gasteiger partial charge >= 0.3 is 0 Å². The topological polar surface area (TPSA) is 54.7 Å². The minimum Gasteiger partial charge on any atom is -0.506 e. The van der Waals surface area contributed by atoms with E-state index in [1.807, 2.05) is 48.2 Å². The summed E-state index contributed by atoms with van der Waals surface area (Å²) in [6.07, 6.45) is 0.923. The molecule has 1 aromatic heterocycles. The first-order chi connectivity index (χ1) is 17.7. The van der Waals surface area contributed by atoms with Crippen molar-refractivity contribution >= 4 is 27.7 Å². The fourth-order valence-electron chi connectivity index (χ4n) is 5.17. The second-order valence-electron chi connectivity index (χ2n) is 9.12. The molecule has 0 saturated carbocycles. The second kappa shape index (κ2) is 8.54. The van der Waals surface area contributed by atoms with Gasteiger partial charge in [0.2, 0.25) is 5.88 Å². The Kier molecular flexibility index (Phi) is 5.03. The molecule has 2 heterocycles. The average molecular weight is 487 g/mol. The zero-order valence-corrected chi connectivity index (χ0v) is 20.2. The van der Waals surface area contributed by atoms with Crippen LogP contribution in [0.25, 0.3) is 22.0 Å². The van der Waals surface area contributed by atoms with Crippen LogP contribution in [0.2, 0.25) is 0 Å². The summed E-state index contributed by atoms with van der Waals surface area (Å²) in [6, 6.07) is 34.7. The summed E-state index contributed by atoms with van der Waals surface area (Å²) in [5.74, 6) is 1.28. The molecule has 0 saturated heterocycles. The SMILES string of the molecule is Oc1cccc2ccc(Oc3cccc(C4=N[C@H]5Cc6ccccc6-c6ccccc6[C@H]5S4)c3)nc12. The predicted molar refractivity (Wildman–Crippen MR) is 146 cm³/mol. The third-order valence-corrected chi connectivity index (χ3v) is 8.24. The molecule has 0 bridgehead atoms. The molecule has 0 spiro atoms. The number of hydrogen-bond acceptors (Lipinski definition) is 5. The minimum absolute atomic E-state index is 0.142. The van der Waals surface area contributed by atoms with Crippen molar-refractivity contribution in [1.29, 1.82) is 0 Å². The molecular formula is C31H22N2O2S. The van der Waals surface area contributed by atoms with E-state index < -0.39 is 0 Å². The molecule has 5 heteroatoms. The number of phenols is 1. The van der Waals surface area contributed by atoms with Gasteiger partial charge in [0.15, 0.2) is 0 Å². The number of aromatic hydroxyl groups is 1. The lowest BCUT2D eigenvalue weighted by atomic mass is 9.97. The van der Waals surface area contributed by atoms with Crippen LogP contribution in [0.4, 0.5) is 0 Å². The normalized spacial score (nSPS) is 18.1. The molecule has 1 aliphatic heterocycles. The summed E-state index contributed by atoms with van der Waals surface area (Å²) in [5.41, 5.74) is 6.91. The molecule has 174 valence electrons. The zero-order valence-electron chi connectivity index (χ0n) is 19.3. The number of thioether (sulfide) groups is 1. The van der Waals surface area contributed by atoms with Gasteiger partial charge in [-0.3, -0.25) is 4.99 Å². The smallest absolute Gasteiger partial charge is 0.219 e. The van der Waals surface area contributed by atoms with Gasteiger partial charge in [-0.2, -0.15) is 0 Å². The molecule has 1 N–H and O–H groups in total. The fourth-order valence-corrected chi connectivity index (χ4v) is 6.52. The van der Waals surface area contributed by atoms with Gasteiger partial charge in [0.1, 0.15) is 17.0 Å². The molecule has 0 radical (unpaired) electrons. The Balaban J connectivity index is 1.21. The van der Waals surface area contributed by atoms with Gasteiger partial charge in [0, 0.05) is 17.0 Å². The van der Waals surface area contributed by atoms with Gasteiger partial charge in [0.05, 0.1) is 16.3 Å². The zero-order chi connectivity index (χ0) is 24.1. The van der Waals surface area contributed by atoms with E-state index in [2.05, 4.69) is 59.6 Å². The van der Waals surface area contributed by atoms with Crippen LogP contribution in [0, 0.1) is 0 Å². The summed E-state index contributed by atoms with van der Waals surface area (Å²) >= 11 is 1.84. The van der Waals surface area contributed by atoms with Crippen LogP contribution in [0.1, 0.15) is 21.9 Å². The Morgan fingerprint density at radius 3 is 2.58 bits per heavy atom. The molecule has 7 rings (SSSR count). The van der Waals surface area contributed by atoms with Crippen LogP contribution < -0.4 is 4.74 Å². The van der Waals surface area contributed by atoms with Crippen LogP contribution in [0.3, 0.4) is 0 Å². The van der Waals surface area contributed by atoms with E-state index >= 15 is 0 Å². The highest BCUT2D eigenvalue weighted by Gasteiger charge is 2.36. The second-order valence-corrected chi connectivity index (χ2v) is 10.2. The van der Waals surface area contributed by atoms with Gasteiger partial charge in [-0.05, 0) is 52.9 Å². The van der Waals surface area contributed by atoms with E-state index in [1.165, 1.54) is 22.3 Å². The monoisotopic (exact) mass is 486 g/mol. The number of aliphatic imine (C=N–C) groups is 1. The number of aromatic nitrogens is 1. The molecule has 0 unspecified atom stereocenters. The Hall–Kier alpha value is -4.09. The summed E-state index contributed by atoms with van der Waals surface area (Å²) in [5, 5.41) is 12.3. The van der Waals surface area contributed by atoms with Gasteiger partial charge in [-0.15, -0.1) is 0 Å². The molecule has 5 aromatic rings. The van der Waals surface area contributed by atoms with E-state index in [-0.39, 0.29) is 17.0 Å². The maximum atomic E-state index is 10.2. The van der Waals surface area contributed by atoms with Crippen molar-refractivity contribution in [3.63, 3.8) is 0 Å². The van der Waals surface area contributed by atoms with Crippen LogP contribution in [-0.2, 0) is 6.42 Å². The molecule has 1 aliphatic carbocycles. The van der Waals surface area contributed by atoms with Gasteiger partial charge in [-0.1, -0.05) is 84.6 Å². The van der Waals surface area contributed by atoms with Crippen molar-refractivity contribution < 1.29 is 9.84 Å². The molecule has 4 nitrogen and oxygen atoms in total. The first-order valence-electron chi connectivity index (χ1n) is 12.0. The van der Waals surface area contributed by atoms with Crippen LogP contribution in [-0.4, -0.2) is 21.2 Å². The Labute approximate surface area is 213 Å². The largest absolute Gasteiger partial charge is 0.506 e. The number of fused-ring (bicyclic) bond motifs is 6. The standard InChI is InChI=1S/C31H22N2O2S/c34-27-14-6-8-19-15-16-28(33-29(19)27)35-22-10-5-9-21(17-22)31-32-26-18-20-7-1-2-11-23(20)24-12-3-4-13-25(24)30(26)36-31/h1-17,26,30,34H,18H2/t26-,30+/m0/s1. The van der Waals surface area contributed by atoms with E-state index in [1.54, 1.807) is 12.1 Å². The third kappa shape index (κ3) is 3.64. The van der Waals surface area contributed by atoms with Gasteiger partial charge in [0.25, 0.3) is 0 Å². The van der Waals surface area contributed by atoms with E-state index in [9.17, 15) is 5.11 Å². The van der Waals surface area contributed by atoms with E-state index in [0.717, 1.165) is 22.4 Å².